The minimum absolute atomic E-state index is 0.0526. The summed E-state index contributed by atoms with van der Waals surface area (Å²) in [5, 5.41) is 41.0. The predicted octanol–water partition coefficient (Wildman–Crippen LogP) is 6.47. The Labute approximate surface area is 333 Å². The molecule has 1 aliphatic carbocycles. The summed E-state index contributed by atoms with van der Waals surface area (Å²) in [4.78, 5) is 56.5. The van der Waals surface area contributed by atoms with Crippen LogP contribution in [0.4, 0.5) is 0 Å². The Kier molecular flexibility index (Phi) is 15.4. The van der Waals surface area contributed by atoms with Gasteiger partial charge >= 0.3 is 23.9 Å². The van der Waals surface area contributed by atoms with Gasteiger partial charge in [0.15, 0.2) is 5.78 Å². The zero-order valence-corrected chi connectivity index (χ0v) is 32.3. The number of carbonyl (C=O) groups excluding carboxylic acids is 1. The number of phenolic OH excluding ortho intramolecular Hbond substituents is 1. The van der Waals surface area contributed by atoms with E-state index in [2.05, 4.69) is 9.80 Å². The van der Waals surface area contributed by atoms with Crippen LogP contribution in [0.15, 0.2) is 66.7 Å². The van der Waals surface area contributed by atoms with E-state index in [1.165, 1.54) is 75.8 Å². The molecule has 2 saturated heterocycles. The molecule has 304 valence electrons. The maximum absolute atomic E-state index is 14.2. The number of rotatable bonds is 10. The number of fused-ring (bicyclic) bond motifs is 1. The summed E-state index contributed by atoms with van der Waals surface area (Å²) >= 11 is 1.46. The molecule has 57 heavy (non-hydrogen) atoms. The normalized spacial score (nSPS) is 18.3. The van der Waals surface area contributed by atoms with Gasteiger partial charge in [-0.1, -0.05) is 25.0 Å². The number of hydrogen-bond donors (Lipinski definition) is 5. The van der Waals surface area contributed by atoms with Crippen molar-refractivity contribution in [2.24, 2.45) is 0 Å². The first kappa shape index (κ1) is 42.6. The van der Waals surface area contributed by atoms with Crippen molar-refractivity contribution >= 4 is 51.1 Å². The number of carboxylic acid groups (broad SMARTS) is 4. The monoisotopic (exact) mass is 804 g/mol. The van der Waals surface area contributed by atoms with Crippen molar-refractivity contribution in [1.82, 2.24) is 9.80 Å². The average Bonchev–Trinajstić information content (AvgIpc) is 3.88. The largest absolute Gasteiger partial charge is 0.506 e. The Morgan fingerprint density at radius 3 is 1.86 bits per heavy atom. The van der Waals surface area contributed by atoms with Gasteiger partial charge in [0.2, 0.25) is 0 Å². The molecule has 3 aliphatic rings. The van der Waals surface area contributed by atoms with Crippen LogP contribution in [-0.4, -0.2) is 116 Å². The average molecular weight is 805 g/mol. The van der Waals surface area contributed by atoms with E-state index in [9.17, 15) is 9.90 Å². The molecule has 1 aromatic heterocycles. The number of ether oxygens (including phenoxy) is 2. The Morgan fingerprint density at radius 1 is 0.667 bits per heavy atom. The number of phenols is 1. The maximum atomic E-state index is 14.2. The van der Waals surface area contributed by atoms with E-state index in [0.29, 0.717) is 23.8 Å². The number of thiophene rings is 1. The van der Waals surface area contributed by atoms with Crippen molar-refractivity contribution in [3.63, 3.8) is 0 Å². The lowest BCUT2D eigenvalue weighted by molar-refractivity contribution is -0.159. The molecule has 0 unspecified atom stereocenters. The van der Waals surface area contributed by atoms with E-state index >= 15 is 0 Å². The van der Waals surface area contributed by atoms with Crippen LogP contribution in [-0.2, 0) is 19.2 Å². The highest BCUT2D eigenvalue weighted by molar-refractivity contribution is 7.23. The van der Waals surface area contributed by atoms with Crippen LogP contribution < -0.4 is 9.47 Å². The van der Waals surface area contributed by atoms with Gasteiger partial charge in [-0.2, -0.15) is 0 Å². The highest BCUT2D eigenvalue weighted by Gasteiger charge is 2.32. The van der Waals surface area contributed by atoms with Crippen LogP contribution in [0.1, 0.15) is 73.7 Å². The molecule has 3 fully saturated rings. The standard InChI is InChI=1S/C38H44N2O4S.2C2H2O4/c41-33-11-8-9-31-35(37(45-38(31)33)28-15-17-29(18-16-28)43-26-25-39-21-6-7-22-39)36(42)27-13-19-30(20-14-27)44-34-12-3-2-10-32(34)40-23-4-1-5-24-40;2*3-1(4)2(5)6/h8-9,11,13-20,32,34,41H,1-7,10,12,21-26H2;2*(H,3,4)(H,5,6)/t32-,34-;;/m1../s1. The van der Waals surface area contributed by atoms with Crippen LogP contribution in [0.5, 0.6) is 17.2 Å². The number of piperidine rings is 1. The van der Waals surface area contributed by atoms with Gasteiger partial charge < -0.3 is 35.0 Å². The van der Waals surface area contributed by atoms with Gasteiger partial charge in [0.25, 0.3) is 0 Å². The second-order valence-electron chi connectivity index (χ2n) is 14.1. The van der Waals surface area contributed by atoms with Crippen LogP contribution in [0.3, 0.4) is 0 Å². The van der Waals surface area contributed by atoms with Gasteiger partial charge in [-0.3, -0.25) is 14.6 Å². The first-order valence-electron chi connectivity index (χ1n) is 19.1. The molecule has 5 N–H and O–H groups in total. The minimum Gasteiger partial charge on any atom is -0.506 e. The fraction of sp³-hybridized carbons (Fsp3) is 0.405. The van der Waals surface area contributed by atoms with E-state index in [4.69, 9.17) is 49.1 Å². The molecular weight excluding hydrogens is 757 g/mol. The summed E-state index contributed by atoms with van der Waals surface area (Å²) in [6, 6.07) is 21.6. The number of ketones is 1. The molecule has 3 aromatic carbocycles. The van der Waals surface area contributed by atoms with Gasteiger partial charge in [0.05, 0.1) is 4.70 Å². The minimum atomic E-state index is -1.82. The summed E-state index contributed by atoms with van der Waals surface area (Å²) in [6.07, 6.45) is 11.4. The van der Waals surface area contributed by atoms with Gasteiger partial charge in [-0.25, -0.2) is 19.2 Å². The number of nitrogens with zero attached hydrogens (tertiary/aromatic N) is 2. The molecule has 1 saturated carbocycles. The number of aliphatic carboxylic acids is 4. The lowest BCUT2D eigenvalue weighted by Gasteiger charge is -2.41. The van der Waals surface area contributed by atoms with Crippen molar-refractivity contribution in [2.75, 3.05) is 39.3 Å². The topological polar surface area (TPSA) is 211 Å². The van der Waals surface area contributed by atoms with Gasteiger partial charge in [-0.05, 0) is 131 Å². The third kappa shape index (κ3) is 11.8. The van der Waals surface area contributed by atoms with E-state index in [1.807, 2.05) is 60.7 Å². The highest BCUT2D eigenvalue weighted by Crippen LogP contribution is 2.44. The highest BCUT2D eigenvalue weighted by atomic mass is 32.1. The quantitative estimate of drug-likeness (QED) is 0.0860. The lowest BCUT2D eigenvalue weighted by atomic mass is 9.90. The summed E-state index contributed by atoms with van der Waals surface area (Å²) < 4.78 is 13.4. The maximum Gasteiger partial charge on any atom is 0.414 e. The number of aromatic hydroxyl groups is 1. The molecule has 0 radical (unpaired) electrons. The third-order valence-electron chi connectivity index (χ3n) is 10.2. The molecule has 15 heteroatoms. The van der Waals surface area contributed by atoms with Crippen molar-refractivity contribution in [3.8, 4) is 27.7 Å². The zero-order chi connectivity index (χ0) is 40.9. The number of hydrogen-bond acceptors (Lipinski definition) is 11. The van der Waals surface area contributed by atoms with Crippen LogP contribution in [0.2, 0.25) is 0 Å². The van der Waals surface area contributed by atoms with Crippen molar-refractivity contribution in [1.29, 1.82) is 0 Å². The molecule has 0 bridgehead atoms. The number of benzene rings is 3. The van der Waals surface area contributed by atoms with Crippen LogP contribution in [0, 0.1) is 0 Å². The second-order valence-corrected chi connectivity index (χ2v) is 15.1. The van der Waals surface area contributed by atoms with E-state index in [1.54, 1.807) is 6.07 Å². The fourth-order valence-electron chi connectivity index (χ4n) is 7.42. The fourth-order valence-corrected chi connectivity index (χ4v) is 8.64. The van der Waals surface area contributed by atoms with Gasteiger partial charge in [0, 0.05) is 34.0 Å². The number of likely N-dealkylation sites (tertiary alicyclic amines) is 2. The lowest BCUT2D eigenvalue weighted by Crippen LogP contribution is -2.49. The zero-order valence-electron chi connectivity index (χ0n) is 31.5. The van der Waals surface area contributed by atoms with E-state index in [-0.39, 0.29) is 17.6 Å². The molecule has 4 aromatic rings. The van der Waals surface area contributed by atoms with Crippen LogP contribution >= 0.6 is 11.3 Å². The Balaban J connectivity index is 0.000000452. The first-order chi connectivity index (χ1) is 27.4. The molecular formula is C42H48N2O12S. The molecule has 7 rings (SSSR count). The summed E-state index contributed by atoms with van der Waals surface area (Å²) in [5.41, 5.74) is 2.18. The van der Waals surface area contributed by atoms with Crippen molar-refractivity contribution in [3.05, 3.63) is 77.9 Å². The summed E-state index contributed by atoms with van der Waals surface area (Å²) in [7, 11) is 0. The third-order valence-corrected chi connectivity index (χ3v) is 11.5. The Morgan fingerprint density at radius 2 is 1.25 bits per heavy atom. The number of carboxylic acids is 4. The molecule has 2 aliphatic heterocycles. The SMILES string of the molecule is O=C(O)C(=O)O.O=C(O)C(=O)O.O=C(c1ccc(O[C@@H]2CCCC[C@H]2N2CCCCC2)cc1)c1c(-c2ccc(OCCN3CCCC3)cc2)sc2c(O)cccc12. The van der Waals surface area contributed by atoms with E-state index in [0.717, 1.165) is 58.1 Å². The molecule has 0 amide bonds. The molecule has 0 spiro atoms. The first-order valence-corrected chi connectivity index (χ1v) is 19.9. The van der Waals surface area contributed by atoms with Crippen molar-refractivity contribution in [2.45, 2.75) is 69.9 Å². The number of carbonyl (C=O) groups is 5. The summed E-state index contributed by atoms with van der Waals surface area (Å²) in [5.74, 6) is -5.50. The summed E-state index contributed by atoms with van der Waals surface area (Å²) in [6.45, 7) is 6.29. The van der Waals surface area contributed by atoms with Gasteiger partial charge in [-0.15, -0.1) is 11.3 Å². The predicted molar refractivity (Wildman–Crippen MR) is 213 cm³/mol. The molecule has 14 nitrogen and oxygen atoms in total. The smallest absolute Gasteiger partial charge is 0.414 e. The Bertz CT molecular complexity index is 1950. The van der Waals surface area contributed by atoms with Crippen LogP contribution in [0.25, 0.3) is 20.5 Å². The Hall–Kier alpha value is -5.51. The second kappa shape index (κ2) is 20.6. The van der Waals surface area contributed by atoms with Gasteiger partial charge in [0.1, 0.15) is 30.0 Å². The molecule has 2 atom stereocenters. The van der Waals surface area contributed by atoms with Crippen molar-refractivity contribution < 1.29 is 59.0 Å². The molecule has 3 heterocycles. The van der Waals surface area contributed by atoms with E-state index < -0.39 is 23.9 Å².